The molecule has 11 heteroatoms. The molecule has 4 heterocycles. The topological polar surface area (TPSA) is 126 Å². The second kappa shape index (κ2) is 9.34. The Morgan fingerprint density at radius 3 is 2.62 bits per heavy atom. The molecule has 37 heavy (non-hydrogen) atoms. The number of aromatic nitrogens is 3. The summed E-state index contributed by atoms with van der Waals surface area (Å²) in [6.07, 6.45) is -1.41. The smallest absolute Gasteiger partial charge is 0.413 e. The predicted octanol–water partition coefficient (Wildman–Crippen LogP) is 3.36. The van der Waals surface area contributed by atoms with Crippen LogP contribution in [0, 0.1) is 0 Å². The molecule has 5 rings (SSSR count). The lowest BCUT2D eigenvalue weighted by Gasteiger charge is -2.29. The summed E-state index contributed by atoms with van der Waals surface area (Å²) >= 11 is 0. The second-order valence-electron chi connectivity index (χ2n) is 10.6. The van der Waals surface area contributed by atoms with E-state index >= 15 is 0 Å². The summed E-state index contributed by atoms with van der Waals surface area (Å²) in [5, 5.41) is 18.8. The van der Waals surface area contributed by atoms with Gasteiger partial charge in [-0.05, 0) is 52.3 Å². The molecule has 198 valence electrons. The molecule has 3 aromatic rings. The van der Waals surface area contributed by atoms with Crippen molar-refractivity contribution in [2.24, 2.45) is 0 Å². The summed E-state index contributed by atoms with van der Waals surface area (Å²) in [6, 6.07) is 13.1. The first-order valence-electron chi connectivity index (χ1n) is 12.2. The number of nitrogens with zero attached hydrogens (tertiary/aromatic N) is 3. The van der Waals surface area contributed by atoms with Crippen molar-refractivity contribution in [3.05, 3.63) is 60.0 Å². The van der Waals surface area contributed by atoms with Crippen molar-refractivity contribution in [1.29, 1.82) is 0 Å². The van der Waals surface area contributed by atoms with Crippen LogP contribution in [0.1, 0.15) is 45.9 Å². The fourth-order valence-electron chi connectivity index (χ4n) is 4.63. The monoisotopic (exact) mass is 512 g/mol. The zero-order chi connectivity index (χ0) is 26.4. The summed E-state index contributed by atoms with van der Waals surface area (Å²) in [4.78, 5) is 16.5. The molecule has 1 unspecified atom stereocenters. The normalized spacial score (nSPS) is 26.8. The zero-order valence-electron chi connectivity index (χ0n) is 21.5. The Hall–Kier alpha value is -3.09. The molecule has 2 aliphatic heterocycles. The van der Waals surface area contributed by atoms with Crippen LogP contribution in [0.2, 0.25) is 0 Å². The number of hydrogen-bond donors (Lipinski definition) is 2. The summed E-state index contributed by atoms with van der Waals surface area (Å²) in [7, 11) is 0. The molecule has 0 radical (unpaired) electrons. The van der Waals surface area contributed by atoms with Crippen LogP contribution in [0.15, 0.2) is 48.8 Å². The highest BCUT2D eigenvalue weighted by Crippen LogP contribution is 2.48. The van der Waals surface area contributed by atoms with E-state index in [0.717, 1.165) is 5.56 Å². The number of anilines is 1. The first-order chi connectivity index (χ1) is 17.5. The molecule has 1 aromatic carbocycles. The Kier molecular flexibility index (Phi) is 6.45. The van der Waals surface area contributed by atoms with Gasteiger partial charge in [0.05, 0.1) is 13.2 Å². The van der Waals surface area contributed by atoms with E-state index in [2.05, 4.69) is 15.4 Å². The number of hydrogen-bond acceptors (Lipinski definition) is 9. The lowest BCUT2D eigenvalue weighted by molar-refractivity contribution is -0.287. The molecule has 2 saturated heterocycles. The van der Waals surface area contributed by atoms with Gasteiger partial charge in [-0.15, -0.1) is 0 Å². The van der Waals surface area contributed by atoms with Gasteiger partial charge < -0.3 is 28.8 Å². The highest BCUT2D eigenvalue weighted by Gasteiger charge is 2.64. The van der Waals surface area contributed by atoms with Gasteiger partial charge in [-0.2, -0.15) is 5.10 Å². The average molecular weight is 513 g/mol. The lowest BCUT2D eigenvalue weighted by atomic mass is 10.0. The molecule has 2 aromatic heterocycles. The van der Waals surface area contributed by atoms with Crippen molar-refractivity contribution in [2.45, 2.75) is 76.7 Å². The second-order valence-corrected chi connectivity index (χ2v) is 10.6. The van der Waals surface area contributed by atoms with E-state index in [0.29, 0.717) is 17.8 Å². The quantitative estimate of drug-likeness (QED) is 0.511. The number of carbonyl (C=O) groups excluding carboxylic acids is 1. The van der Waals surface area contributed by atoms with Gasteiger partial charge in [0.1, 0.15) is 41.5 Å². The van der Waals surface area contributed by atoms with Crippen molar-refractivity contribution in [3.63, 3.8) is 0 Å². The lowest BCUT2D eigenvalue weighted by Crippen LogP contribution is -2.41. The van der Waals surface area contributed by atoms with Crippen LogP contribution in [0.4, 0.5) is 10.6 Å². The van der Waals surface area contributed by atoms with Crippen LogP contribution in [0.25, 0.3) is 5.52 Å². The Bertz CT molecular complexity index is 1270. The van der Waals surface area contributed by atoms with E-state index in [1.54, 1.807) is 46.8 Å². The predicted molar refractivity (Wildman–Crippen MR) is 132 cm³/mol. The van der Waals surface area contributed by atoms with E-state index in [9.17, 15) is 9.90 Å². The number of carbonyl (C=O) groups is 1. The molecular weight excluding hydrogens is 480 g/mol. The van der Waals surface area contributed by atoms with Crippen LogP contribution < -0.4 is 5.32 Å². The number of ether oxygens (including phenoxy) is 5. The number of amides is 1. The maximum Gasteiger partial charge on any atom is 0.413 e. The first-order valence-corrected chi connectivity index (χ1v) is 12.2. The molecule has 4 atom stereocenters. The Labute approximate surface area is 214 Å². The third-order valence-corrected chi connectivity index (χ3v) is 6.04. The van der Waals surface area contributed by atoms with E-state index in [1.807, 2.05) is 30.3 Å². The van der Waals surface area contributed by atoms with E-state index in [4.69, 9.17) is 23.7 Å². The van der Waals surface area contributed by atoms with Gasteiger partial charge >= 0.3 is 6.09 Å². The van der Waals surface area contributed by atoms with Crippen molar-refractivity contribution in [3.8, 4) is 0 Å². The third-order valence-electron chi connectivity index (χ3n) is 6.04. The zero-order valence-corrected chi connectivity index (χ0v) is 21.5. The highest BCUT2D eigenvalue weighted by atomic mass is 16.8. The number of aliphatic hydroxyl groups is 1. The fraction of sp³-hybridized carbons (Fsp3) is 0.500. The molecule has 0 saturated carbocycles. The van der Waals surface area contributed by atoms with Crippen LogP contribution >= 0.6 is 0 Å². The summed E-state index contributed by atoms with van der Waals surface area (Å²) in [6.45, 7) is 9.46. The minimum absolute atomic E-state index is 0.182. The van der Waals surface area contributed by atoms with Gasteiger partial charge in [0.25, 0.3) is 0 Å². The molecule has 11 nitrogen and oxygen atoms in total. The molecular formula is C26H32N4O7. The molecule has 2 aliphatic rings. The minimum atomic E-state index is -1.90. The summed E-state index contributed by atoms with van der Waals surface area (Å²) in [5.74, 6) is -2.61. The molecule has 2 N–H and O–H groups in total. The van der Waals surface area contributed by atoms with Crippen LogP contribution in [-0.2, 0) is 36.1 Å². The molecule has 1 amide bonds. The van der Waals surface area contributed by atoms with E-state index in [1.165, 1.54) is 10.8 Å². The molecule has 2 fully saturated rings. The van der Waals surface area contributed by atoms with Crippen molar-refractivity contribution >= 4 is 17.4 Å². The Morgan fingerprint density at radius 1 is 1.14 bits per heavy atom. The number of fused-ring (bicyclic) bond motifs is 2. The molecule has 0 bridgehead atoms. The minimum Gasteiger partial charge on any atom is -0.444 e. The van der Waals surface area contributed by atoms with Gasteiger partial charge in [0.2, 0.25) is 5.79 Å². The highest BCUT2D eigenvalue weighted by molar-refractivity contribution is 5.88. The molecule has 0 aliphatic carbocycles. The first kappa shape index (κ1) is 25.6. The van der Waals surface area contributed by atoms with E-state index < -0.39 is 41.6 Å². The third kappa shape index (κ3) is 5.18. The standard InChI is InChI=1S/C26H32N4O7/c1-24(2,3)37-23(31)29-22-17-11-12-19(30(17)28-15-27-22)26(32)21-20(35-25(4,5)36-21)18(34-26)14-33-13-16-9-7-6-8-10-16/h6-12,15,18,20-21,32H,13-14H2,1-5H3,(H,27,28,29,31)/t18-,20-,21-,26?/m1/s1. The maximum absolute atomic E-state index is 12.3. The SMILES string of the molecule is CC(C)(C)OC(=O)Nc1ncnn2c(C3(O)O[C@H](COCc4ccccc4)[C@H]4OC(C)(C)O[C@H]43)ccc12. The van der Waals surface area contributed by atoms with Crippen molar-refractivity contribution in [2.75, 3.05) is 11.9 Å². The Balaban J connectivity index is 1.40. The average Bonchev–Trinajstić information content (AvgIpc) is 3.46. The van der Waals surface area contributed by atoms with Gasteiger partial charge in [0.15, 0.2) is 11.6 Å². The summed E-state index contributed by atoms with van der Waals surface area (Å²) < 4.78 is 31.1. The van der Waals surface area contributed by atoms with Crippen molar-refractivity contribution < 1.29 is 33.6 Å². The maximum atomic E-state index is 12.3. The van der Waals surface area contributed by atoms with Gasteiger partial charge in [-0.3, -0.25) is 5.32 Å². The van der Waals surface area contributed by atoms with Crippen LogP contribution in [0.5, 0.6) is 0 Å². The number of benzene rings is 1. The molecule has 0 spiro atoms. The van der Waals surface area contributed by atoms with Crippen LogP contribution in [0.3, 0.4) is 0 Å². The number of nitrogens with one attached hydrogen (secondary N) is 1. The van der Waals surface area contributed by atoms with Gasteiger partial charge in [-0.25, -0.2) is 14.3 Å². The largest absolute Gasteiger partial charge is 0.444 e. The summed E-state index contributed by atoms with van der Waals surface area (Å²) in [5.41, 5.74) is 1.10. The van der Waals surface area contributed by atoms with Crippen molar-refractivity contribution in [1.82, 2.24) is 14.6 Å². The number of rotatable bonds is 6. The fourth-order valence-corrected chi connectivity index (χ4v) is 4.63. The van der Waals surface area contributed by atoms with Gasteiger partial charge in [-0.1, -0.05) is 30.3 Å². The Morgan fingerprint density at radius 2 is 1.89 bits per heavy atom. The van der Waals surface area contributed by atoms with Crippen LogP contribution in [-0.4, -0.2) is 62.1 Å². The van der Waals surface area contributed by atoms with Gasteiger partial charge in [0, 0.05) is 0 Å². The van der Waals surface area contributed by atoms with E-state index in [-0.39, 0.29) is 12.4 Å².